The van der Waals surface area contributed by atoms with Gasteiger partial charge in [0, 0.05) is 5.41 Å². The molecule has 0 unspecified atom stereocenters. The van der Waals surface area contributed by atoms with Crippen LogP contribution in [-0.2, 0) is 4.79 Å². The second-order valence-electron chi connectivity index (χ2n) is 8.61. The number of rotatable bonds is 3. The van der Waals surface area contributed by atoms with Crippen LogP contribution in [0.1, 0.15) is 58.8 Å². The Bertz CT molecular complexity index is 611. The second kappa shape index (κ2) is 5.72. The molecule has 0 spiro atoms. The van der Waals surface area contributed by atoms with E-state index in [9.17, 15) is 4.79 Å². The van der Waals surface area contributed by atoms with Crippen molar-refractivity contribution in [3.8, 4) is 0 Å². The number of thioether (sulfide) groups is 1. The molecule has 0 aromatic rings. The molecule has 5 atom stereocenters. The standard InChI is InChI=1S/C21H29FOS/c1-3-24-14-20-9-4-5-17(20)18-7-6-15-13-16(23)8-10-19(15,2)21(18,22)12-11-20/h8,10,13,17-18H,3-7,9,11-12,14H2,1-2H3/t17-,18-,19-,20-,21+/m0/s1. The van der Waals surface area contributed by atoms with Gasteiger partial charge in [0.25, 0.3) is 0 Å². The third-order valence-corrected chi connectivity index (χ3v) is 8.97. The molecule has 0 saturated heterocycles. The number of ketones is 1. The number of fused-ring (bicyclic) bond motifs is 5. The predicted molar refractivity (Wildman–Crippen MR) is 98.9 cm³/mol. The van der Waals surface area contributed by atoms with Gasteiger partial charge >= 0.3 is 0 Å². The molecular formula is C21H29FOS. The monoisotopic (exact) mass is 348 g/mol. The molecule has 0 radical (unpaired) electrons. The first-order valence-electron chi connectivity index (χ1n) is 9.66. The molecule has 0 N–H and O–H groups in total. The summed E-state index contributed by atoms with van der Waals surface area (Å²) in [7, 11) is 0. The Hall–Kier alpha value is -0.570. The van der Waals surface area contributed by atoms with Gasteiger partial charge in [-0.15, -0.1) is 0 Å². The van der Waals surface area contributed by atoms with Gasteiger partial charge in [0.15, 0.2) is 5.78 Å². The molecule has 3 saturated carbocycles. The summed E-state index contributed by atoms with van der Waals surface area (Å²) in [5.41, 5.74) is -0.297. The summed E-state index contributed by atoms with van der Waals surface area (Å²) in [6.45, 7) is 4.28. The van der Waals surface area contributed by atoms with Crippen molar-refractivity contribution in [1.82, 2.24) is 0 Å². The van der Waals surface area contributed by atoms with Crippen molar-refractivity contribution in [2.45, 2.75) is 64.5 Å². The fourth-order valence-corrected chi connectivity index (χ4v) is 7.56. The van der Waals surface area contributed by atoms with Crippen LogP contribution in [0.5, 0.6) is 0 Å². The van der Waals surface area contributed by atoms with Crippen LogP contribution in [0.15, 0.2) is 23.8 Å². The van der Waals surface area contributed by atoms with Gasteiger partial charge in [0.05, 0.1) is 0 Å². The highest BCUT2D eigenvalue weighted by Gasteiger charge is 2.65. The van der Waals surface area contributed by atoms with Crippen molar-refractivity contribution >= 4 is 17.5 Å². The third kappa shape index (κ3) is 2.15. The predicted octanol–water partition coefficient (Wildman–Crippen LogP) is 5.51. The molecule has 0 heterocycles. The number of allylic oxidation sites excluding steroid dienone is 4. The number of hydrogen-bond acceptors (Lipinski definition) is 2. The maximum Gasteiger partial charge on any atom is 0.178 e. The highest BCUT2D eigenvalue weighted by molar-refractivity contribution is 7.99. The van der Waals surface area contributed by atoms with E-state index in [1.807, 2.05) is 17.8 Å². The molecule has 132 valence electrons. The summed E-state index contributed by atoms with van der Waals surface area (Å²) in [4.78, 5) is 11.8. The average molecular weight is 349 g/mol. The van der Waals surface area contributed by atoms with Crippen molar-refractivity contribution in [2.75, 3.05) is 11.5 Å². The van der Waals surface area contributed by atoms with Gasteiger partial charge in [-0.2, -0.15) is 11.8 Å². The van der Waals surface area contributed by atoms with E-state index in [0.717, 1.165) is 30.6 Å². The lowest BCUT2D eigenvalue weighted by Gasteiger charge is -2.60. The van der Waals surface area contributed by atoms with Crippen LogP contribution in [0.25, 0.3) is 0 Å². The molecule has 3 fully saturated rings. The minimum Gasteiger partial charge on any atom is -0.290 e. The number of carbonyl (C=O) groups is 1. The first-order chi connectivity index (χ1) is 11.5. The van der Waals surface area contributed by atoms with E-state index in [-0.39, 0.29) is 11.7 Å². The molecule has 0 aliphatic heterocycles. The quantitative estimate of drug-likeness (QED) is 0.669. The number of halogens is 1. The minimum absolute atomic E-state index is 0.0369. The first kappa shape index (κ1) is 16.9. The Morgan fingerprint density at radius 2 is 2.08 bits per heavy atom. The van der Waals surface area contributed by atoms with Crippen molar-refractivity contribution in [3.05, 3.63) is 23.8 Å². The normalized spacial score (nSPS) is 47.0. The van der Waals surface area contributed by atoms with E-state index in [1.54, 1.807) is 12.2 Å². The van der Waals surface area contributed by atoms with Gasteiger partial charge in [-0.3, -0.25) is 4.79 Å². The van der Waals surface area contributed by atoms with E-state index >= 15 is 4.39 Å². The highest BCUT2D eigenvalue weighted by atomic mass is 32.2. The van der Waals surface area contributed by atoms with Gasteiger partial charge < -0.3 is 0 Å². The summed E-state index contributed by atoms with van der Waals surface area (Å²) in [6.07, 6.45) is 12.5. The van der Waals surface area contributed by atoms with Crippen molar-refractivity contribution < 1.29 is 9.18 Å². The van der Waals surface area contributed by atoms with E-state index in [0.29, 0.717) is 17.8 Å². The summed E-state index contributed by atoms with van der Waals surface area (Å²) in [5.74, 6) is 3.13. The van der Waals surface area contributed by atoms with E-state index in [1.165, 1.54) is 25.0 Å². The number of hydrogen-bond donors (Lipinski definition) is 0. The molecule has 4 rings (SSSR count). The third-order valence-electron chi connectivity index (χ3n) is 7.78. The lowest BCUT2D eigenvalue weighted by Crippen LogP contribution is -2.60. The zero-order valence-corrected chi connectivity index (χ0v) is 15.8. The first-order valence-corrected chi connectivity index (χ1v) is 10.8. The molecule has 24 heavy (non-hydrogen) atoms. The molecule has 0 aromatic carbocycles. The van der Waals surface area contributed by atoms with Gasteiger partial charge in [-0.25, -0.2) is 4.39 Å². The van der Waals surface area contributed by atoms with E-state index in [4.69, 9.17) is 0 Å². The van der Waals surface area contributed by atoms with Gasteiger partial charge in [0.1, 0.15) is 5.67 Å². The summed E-state index contributed by atoms with van der Waals surface area (Å²) in [5, 5.41) is 0. The Morgan fingerprint density at radius 1 is 1.25 bits per heavy atom. The number of alkyl halides is 1. The molecule has 4 aliphatic rings. The van der Waals surface area contributed by atoms with Crippen molar-refractivity contribution in [3.63, 3.8) is 0 Å². The largest absolute Gasteiger partial charge is 0.290 e. The van der Waals surface area contributed by atoms with E-state index in [2.05, 4.69) is 13.8 Å². The Kier molecular flexibility index (Phi) is 4.02. The molecule has 1 nitrogen and oxygen atoms in total. The van der Waals surface area contributed by atoms with Crippen LogP contribution in [0.2, 0.25) is 0 Å². The SMILES string of the molecule is CCSC[C@@]12CCC[C@H]1[C@@H]1CCC3=CC(=O)C=C[C@]3(C)[C@@]1(F)CC2. The van der Waals surface area contributed by atoms with Crippen LogP contribution in [0, 0.1) is 22.7 Å². The molecule has 3 heteroatoms. The maximum atomic E-state index is 16.6. The van der Waals surface area contributed by atoms with Crippen LogP contribution in [-0.4, -0.2) is 23.0 Å². The highest BCUT2D eigenvalue weighted by Crippen LogP contribution is 2.68. The van der Waals surface area contributed by atoms with Gasteiger partial charge in [-0.05, 0) is 86.4 Å². The lowest BCUT2D eigenvalue weighted by molar-refractivity contribution is -0.120. The van der Waals surface area contributed by atoms with Crippen LogP contribution in [0.3, 0.4) is 0 Å². The zero-order valence-electron chi connectivity index (χ0n) is 14.9. The smallest absolute Gasteiger partial charge is 0.178 e. The van der Waals surface area contributed by atoms with E-state index < -0.39 is 11.1 Å². The topological polar surface area (TPSA) is 17.1 Å². The zero-order chi connectivity index (χ0) is 17.0. The van der Waals surface area contributed by atoms with Crippen LogP contribution >= 0.6 is 11.8 Å². The maximum absolute atomic E-state index is 16.6. The van der Waals surface area contributed by atoms with Crippen LogP contribution < -0.4 is 0 Å². The lowest BCUT2D eigenvalue weighted by atomic mass is 9.47. The molecule has 0 amide bonds. The second-order valence-corrected chi connectivity index (χ2v) is 9.89. The van der Waals surface area contributed by atoms with Gasteiger partial charge in [0.2, 0.25) is 0 Å². The molecule has 4 aliphatic carbocycles. The molecule has 0 bridgehead atoms. The van der Waals surface area contributed by atoms with Crippen molar-refractivity contribution in [1.29, 1.82) is 0 Å². The molecule has 0 aromatic heterocycles. The van der Waals surface area contributed by atoms with Crippen molar-refractivity contribution in [2.24, 2.45) is 22.7 Å². The summed E-state index contributed by atoms with van der Waals surface area (Å²) in [6, 6.07) is 0. The van der Waals surface area contributed by atoms with Crippen LogP contribution in [0.4, 0.5) is 4.39 Å². The number of carbonyl (C=O) groups excluding carboxylic acids is 1. The molecular weight excluding hydrogens is 319 g/mol. The fraction of sp³-hybridized carbons (Fsp3) is 0.762. The fourth-order valence-electron chi connectivity index (χ4n) is 6.44. The summed E-state index contributed by atoms with van der Waals surface area (Å²) >= 11 is 2.05. The minimum atomic E-state index is -1.16. The Labute approximate surface area is 149 Å². The summed E-state index contributed by atoms with van der Waals surface area (Å²) < 4.78 is 16.6. The Morgan fingerprint density at radius 3 is 2.88 bits per heavy atom. The average Bonchev–Trinajstić information content (AvgIpc) is 2.99. The van der Waals surface area contributed by atoms with Gasteiger partial charge in [-0.1, -0.05) is 25.0 Å². The Balaban J connectivity index is 1.70.